The molecule has 4 fully saturated rings. The fraction of sp³-hybridized carbons (Fsp3) is 1.00. The second-order valence-electron chi connectivity index (χ2n) is 17.7. The van der Waals surface area contributed by atoms with Crippen molar-refractivity contribution in [3.63, 3.8) is 0 Å². The van der Waals surface area contributed by atoms with E-state index in [1.54, 1.807) is 0 Å². The fourth-order valence-electron chi connectivity index (χ4n) is 12.3. The summed E-state index contributed by atoms with van der Waals surface area (Å²) in [5, 5.41) is 33.7. The lowest BCUT2D eigenvalue weighted by molar-refractivity contribution is -0.122. The Morgan fingerprint density at radius 2 is 0.636 bits per heavy atom. The molecule has 0 saturated heterocycles. The van der Waals surface area contributed by atoms with Gasteiger partial charge in [0.2, 0.25) is 0 Å². The van der Waals surface area contributed by atoms with E-state index in [0.29, 0.717) is 52.8 Å². The third-order valence-electron chi connectivity index (χ3n) is 16.0. The van der Waals surface area contributed by atoms with Gasteiger partial charge in [-0.3, -0.25) is 0 Å². The van der Waals surface area contributed by atoms with Crippen LogP contribution in [0.15, 0.2) is 0 Å². The van der Waals surface area contributed by atoms with E-state index in [-0.39, 0.29) is 23.7 Å². The molecular weight excluding hydrogens is 540 g/mol. The summed E-state index contributed by atoms with van der Waals surface area (Å²) in [5.74, 6) is 6.29. The van der Waals surface area contributed by atoms with Gasteiger partial charge in [0.25, 0.3) is 0 Å². The van der Waals surface area contributed by atoms with Crippen molar-refractivity contribution in [3.8, 4) is 0 Å². The van der Waals surface area contributed by atoms with E-state index in [1.165, 1.54) is 64.2 Å². The maximum absolute atomic E-state index is 11.3. The van der Waals surface area contributed by atoms with Crippen LogP contribution in [0, 0.1) is 75.9 Å². The average molecular weight is 617 g/mol. The lowest BCUT2D eigenvalue weighted by Crippen LogP contribution is -2.52. The first kappa shape index (κ1) is 36.7. The molecule has 44 heavy (non-hydrogen) atoms. The second-order valence-corrected chi connectivity index (χ2v) is 17.7. The lowest BCUT2D eigenvalue weighted by atomic mass is 9.47. The molecule has 258 valence electrons. The van der Waals surface area contributed by atoms with Crippen LogP contribution in [0.1, 0.15) is 165 Å². The molecule has 6 atom stereocenters. The van der Waals surface area contributed by atoms with Crippen molar-refractivity contribution in [2.24, 2.45) is 75.9 Å². The van der Waals surface area contributed by atoms with Gasteiger partial charge in [0.15, 0.2) is 0 Å². The highest BCUT2D eigenvalue weighted by Crippen LogP contribution is 2.61. The number of aliphatic hydroxyl groups is 3. The summed E-state index contributed by atoms with van der Waals surface area (Å²) in [6.07, 6.45) is 18.9. The number of rotatable bonds is 11. The largest absolute Gasteiger partial charge is 0.393 e. The van der Waals surface area contributed by atoms with Crippen LogP contribution in [-0.4, -0.2) is 33.6 Å². The van der Waals surface area contributed by atoms with Gasteiger partial charge in [0.1, 0.15) is 0 Å². The van der Waals surface area contributed by atoms with Crippen LogP contribution in [0.3, 0.4) is 0 Å². The van der Waals surface area contributed by atoms with E-state index >= 15 is 0 Å². The summed E-state index contributed by atoms with van der Waals surface area (Å²) < 4.78 is 0. The van der Waals surface area contributed by atoms with Gasteiger partial charge in [-0.05, 0) is 140 Å². The zero-order chi connectivity index (χ0) is 32.4. The van der Waals surface area contributed by atoms with Crippen molar-refractivity contribution in [1.82, 2.24) is 0 Å². The van der Waals surface area contributed by atoms with Crippen LogP contribution in [0.4, 0.5) is 0 Å². The zero-order valence-electron chi connectivity index (χ0n) is 30.7. The van der Waals surface area contributed by atoms with Gasteiger partial charge in [-0.15, -0.1) is 0 Å². The molecule has 0 aliphatic heterocycles. The number of aliphatic hydroxyl groups excluding tert-OH is 3. The summed E-state index contributed by atoms with van der Waals surface area (Å²) in [7, 11) is 0. The fourth-order valence-corrected chi connectivity index (χ4v) is 12.3. The van der Waals surface area contributed by atoms with Crippen molar-refractivity contribution >= 4 is 0 Å². The summed E-state index contributed by atoms with van der Waals surface area (Å²) in [4.78, 5) is 0. The molecule has 3 nitrogen and oxygen atoms in total. The van der Waals surface area contributed by atoms with Gasteiger partial charge >= 0.3 is 0 Å². The van der Waals surface area contributed by atoms with E-state index in [9.17, 15) is 15.3 Å². The van der Waals surface area contributed by atoms with Gasteiger partial charge < -0.3 is 15.3 Å². The van der Waals surface area contributed by atoms with Gasteiger partial charge in [-0.2, -0.15) is 0 Å². The minimum absolute atomic E-state index is 0.102. The molecule has 0 radical (unpaired) electrons. The minimum Gasteiger partial charge on any atom is -0.393 e. The highest BCUT2D eigenvalue weighted by atomic mass is 16.3. The molecule has 0 bridgehead atoms. The second kappa shape index (κ2) is 15.4. The highest BCUT2D eigenvalue weighted by molar-refractivity contribution is 5.04. The van der Waals surface area contributed by atoms with Crippen molar-refractivity contribution < 1.29 is 15.3 Å². The highest BCUT2D eigenvalue weighted by Gasteiger charge is 2.55. The van der Waals surface area contributed by atoms with Gasteiger partial charge in [-0.1, -0.05) is 101 Å². The standard InChI is InChI=1S/C41H76O3/c1-10-26-20-34(21-27(11-2)37(26)42)40(7,8)32-16-18-33(19-17-32)41(9,35-22-28(12-3)38(43)29(13-4)23-35)36-24-30(14-5)39(44)31(15-6)25-36/h26-39,42-44H,10-25H2,1-9H3. The summed E-state index contributed by atoms with van der Waals surface area (Å²) in [6, 6.07) is 0. The molecule has 0 aromatic rings. The van der Waals surface area contributed by atoms with E-state index in [4.69, 9.17) is 0 Å². The monoisotopic (exact) mass is 617 g/mol. The van der Waals surface area contributed by atoms with Crippen LogP contribution in [0.5, 0.6) is 0 Å². The molecule has 4 aliphatic carbocycles. The molecule has 0 aromatic heterocycles. The molecule has 4 rings (SSSR count). The Balaban J connectivity index is 1.59. The number of hydrogen-bond donors (Lipinski definition) is 3. The van der Waals surface area contributed by atoms with Gasteiger partial charge in [0, 0.05) is 0 Å². The summed E-state index contributed by atoms with van der Waals surface area (Å²) in [5.41, 5.74) is 0.611. The van der Waals surface area contributed by atoms with E-state index in [0.717, 1.165) is 56.3 Å². The Bertz CT molecular complexity index is 784. The molecule has 0 aromatic carbocycles. The first-order valence-corrected chi connectivity index (χ1v) is 19.9. The van der Waals surface area contributed by atoms with Crippen LogP contribution < -0.4 is 0 Å². The normalized spacial score (nSPS) is 45.5. The van der Waals surface area contributed by atoms with Crippen molar-refractivity contribution in [2.45, 2.75) is 183 Å². The zero-order valence-corrected chi connectivity index (χ0v) is 30.7. The average Bonchev–Trinajstić information content (AvgIpc) is 3.04. The maximum Gasteiger partial charge on any atom is 0.0596 e. The van der Waals surface area contributed by atoms with Gasteiger partial charge in [0.05, 0.1) is 18.3 Å². The maximum atomic E-state index is 11.3. The van der Waals surface area contributed by atoms with Crippen LogP contribution in [0.2, 0.25) is 0 Å². The molecule has 0 heterocycles. The molecule has 4 saturated carbocycles. The predicted octanol–water partition coefficient (Wildman–Crippen LogP) is 10.3. The van der Waals surface area contributed by atoms with Gasteiger partial charge in [-0.25, -0.2) is 0 Å². The molecule has 6 unspecified atom stereocenters. The molecule has 0 amide bonds. The summed E-state index contributed by atoms with van der Waals surface area (Å²) >= 11 is 0. The van der Waals surface area contributed by atoms with Crippen LogP contribution >= 0.6 is 0 Å². The first-order chi connectivity index (χ1) is 20.9. The van der Waals surface area contributed by atoms with E-state index in [1.807, 2.05) is 0 Å². The Hall–Kier alpha value is -0.120. The molecule has 0 spiro atoms. The Labute approximate surface area is 274 Å². The van der Waals surface area contributed by atoms with Crippen LogP contribution in [0.25, 0.3) is 0 Å². The van der Waals surface area contributed by atoms with E-state index in [2.05, 4.69) is 62.3 Å². The molecule has 3 heteroatoms. The minimum atomic E-state index is -0.130. The third kappa shape index (κ3) is 7.02. The van der Waals surface area contributed by atoms with Crippen molar-refractivity contribution in [1.29, 1.82) is 0 Å². The van der Waals surface area contributed by atoms with Crippen molar-refractivity contribution in [3.05, 3.63) is 0 Å². The Morgan fingerprint density at radius 3 is 0.909 bits per heavy atom. The predicted molar refractivity (Wildman–Crippen MR) is 186 cm³/mol. The smallest absolute Gasteiger partial charge is 0.0596 e. The summed E-state index contributed by atoms with van der Waals surface area (Å²) in [6.45, 7) is 21.7. The first-order valence-electron chi connectivity index (χ1n) is 19.9. The Morgan fingerprint density at radius 1 is 0.386 bits per heavy atom. The van der Waals surface area contributed by atoms with Crippen LogP contribution in [-0.2, 0) is 0 Å². The Kier molecular flexibility index (Phi) is 12.9. The van der Waals surface area contributed by atoms with E-state index < -0.39 is 0 Å². The third-order valence-corrected chi connectivity index (χ3v) is 16.0. The molecular formula is C41H76O3. The molecule has 4 aliphatic rings. The molecule has 3 N–H and O–H groups in total. The lowest BCUT2D eigenvalue weighted by Gasteiger charge is -2.58. The van der Waals surface area contributed by atoms with Crippen molar-refractivity contribution in [2.75, 3.05) is 0 Å². The topological polar surface area (TPSA) is 60.7 Å². The SMILES string of the molecule is CCC1CC(C(C)(C)C2CCC(C(C)(C3CC(CC)C(O)C(CC)C3)C3CC(CC)C(O)C(CC)C3)CC2)CC(CC)C1O. The number of hydrogen-bond acceptors (Lipinski definition) is 3. The quantitative estimate of drug-likeness (QED) is 0.216.